The summed E-state index contributed by atoms with van der Waals surface area (Å²) in [4.78, 5) is 0. The number of nitrogens with zero attached hydrogens (tertiary/aromatic N) is 1. The third-order valence-corrected chi connectivity index (χ3v) is 4.44. The topological polar surface area (TPSA) is 3.88 Å². The van der Waals surface area contributed by atoms with Crippen LogP contribution in [0.1, 0.15) is 51.9 Å². The monoisotopic (exact) mass is 407 g/mol. The summed E-state index contributed by atoms with van der Waals surface area (Å²) in [5.41, 5.74) is 3.66. The van der Waals surface area contributed by atoms with E-state index in [1.54, 1.807) is 0 Å². The number of para-hydroxylation sites is 1. The fourth-order valence-corrected chi connectivity index (χ4v) is 3.31. The summed E-state index contributed by atoms with van der Waals surface area (Å²) in [5.74, 6) is 0. The number of thiazole rings is 1. The van der Waals surface area contributed by atoms with Crippen molar-refractivity contribution in [2.24, 2.45) is 0 Å². The molecular weight excluding hydrogens is 383 g/mol. The van der Waals surface area contributed by atoms with E-state index in [1.165, 1.54) is 61.7 Å². The van der Waals surface area contributed by atoms with Crippen molar-refractivity contribution in [3.63, 3.8) is 0 Å². The minimum absolute atomic E-state index is 1.18. The molecule has 1 aromatic heterocycles. The maximum atomic E-state index is 9.87. The Hall–Kier alpha value is -0.880. The summed E-state index contributed by atoms with van der Waals surface area (Å²) >= 11 is 1.85. The van der Waals surface area contributed by atoms with Gasteiger partial charge in [-0.1, -0.05) is 62.5 Å². The number of hydrogen-bond acceptors (Lipinski definition) is 1. The Kier molecular flexibility index (Phi) is 7.28. The van der Waals surface area contributed by atoms with Crippen LogP contribution >= 0.6 is 19.1 Å². The summed E-state index contributed by atoms with van der Waals surface area (Å²) in [6, 6.07) is 8.70. The van der Waals surface area contributed by atoms with E-state index in [0.717, 1.165) is 0 Å². The molecule has 0 aliphatic heterocycles. The van der Waals surface area contributed by atoms with Gasteiger partial charge in [0.2, 0.25) is 11.0 Å². The van der Waals surface area contributed by atoms with Crippen molar-refractivity contribution in [3.8, 4) is 0 Å². The SMILES string of the molecule is CCCCCCCCC[n+]1csc2ccccc21.F[P-](F)(F)(F)(F)F. The summed E-state index contributed by atoms with van der Waals surface area (Å²) in [6.45, 7) is 3.45. The first-order valence-corrected chi connectivity index (χ1v) is 11.2. The molecule has 0 N–H and O–H groups in total. The van der Waals surface area contributed by atoms with Crippen LogP contribution in [0.2, 0.25) is 0 Å². The molecule has 0 aliphatic carbocycles. The second kappa shape index (κ2) is 8.21. The first-order valence-electron chi connectivity index (χ1n) is 8.29. The van der Waals surface area contributed by atoms with Crippen LogP contribution in [0, 0.1) is 0 Å². The Balaban J connectivity index is 0.000000381. The van der Waals surface area contributed by atoms with Crippen LogP contribution < -0.4 is 4.57 Å². The molecule has 2 rings (SSSR count). The van der Waals surface area contributed by atoms with E-state index in [9.17, 15) is 25.2 Å². The molecule has 0 amide bonds. The van der Waals surface area contributed by atoms with Crippen LogP contribution in [0.4, 0.5) is 25.2 Å². The minimum atomic E-state index is -10.7. The number of halogens is 6. The van der Waals surface area contributed by atoms with Crippen LogP contribution in [-0.4, -0.2) is 0 Å². The van der Waals surface area contributed by atoms with Gasteiger partial charge >= 0.3 is 33.0 Å². The number of aromatic nitrogens is 1. The molecule has 1 heterocycles. The van der Waals surface area contributed by atoms with Gasteiger partial charge in [-0.3, -0.25) is 0 Å². The molecule has 0 unspecified atom stereocenters. The molecular formula is C16H24F6NPS. The maximum absolute atomic E-state index is 10.7. The van der Waals surface area contributed by atoms with Crippen LogP contribution in [0.5, 0.6) is 0 Å². The van der Waals surface area contributed by atoms with Crippen LogP contribution in [0.3, 0.4) is 0 Å². The number of fused-ring (bicyclic) bond motifs is 1. The predicted molar refractivity (Wildman–Crippen MR) is 93.6 cm³/mol. The molecule has 1 nitrogen and oxygen atoms in total. The fourth-order valence-electron chi connectivity index (χ4n) is 2.38. The standard InChI is InChI=1S/C16H24NS.F6P/c1-2-3-4-5-6-7-10-13-17-14-18-16-12-9-8-11-15(16)17;1-7(2,3,4,5)6/h8-9,11-12,14H,2-7,10,13H2,1H3;/q+1;-1. The zero-order chi connectivity index (χ0) is 19.0. The normalized spacial score (nSPS) is 14.5. The van der Waals surface area contributed by atoms with Gasteiger partial charge in [-0.2, -0.15) is 4.57 Å². The van der Waals surface area contributed by atoms with Gasteiger partial charge < -0.3 is 0 Å². The van der Waals surface area contributed by atoms with Crippen molar-refractivity contribution in [1.29, 1.82) is 0 Å². The molecule has 1 aromatic carbocycles. The third-order valence-electron chi connectivity index (χ3n) is 3.48. The number of unbranched alkanes of at least 4 members (excludes halogenated alkanes) is 6. The third kappa shape index (κ3) is 13.0. The zero-order valence-corrected chi connectivity index (χ0v) is 15.8. The fraction of sp³-hybridized carbons (Fsp3) is 0.562. The second-order valence-corrected chi connectivity index (χ2v) is 8.77. The molecule has 0 bridgehead atoms. The van der Waals surface area contributed by atoms with E-state index in [1.807, 2.05) is 11.3 Å². The van der Waals surface area contributed by atoms with Crippen molar-refractivity contribution in [3.05, 3.63) is 29.8 Å². The number of benzene rings is 1. The summed E-state index contributed by atoms with van der Waals surface area (Å²) < 4.78 is 63.0. The van der Waals surface area contributed by atoms with Gasteiger partial charge in [0.1, 0.15) is 11.2 Å². The van der Waals surface area contributed by atoms with E-state index in [0.29, 0.717) is 0 Å². The summed E-state index contributed by atoms with van der Waals surface area (Å²) in [7, 11) is -10.7. The Morgan fingerprint density at radius 3 is 1.96 bits per heavy atom. The van der Waals surface area contributed by atoms with Gasteiger partial charge in [0.05, 0.1) is 0 Å². The molecule has 9 heteroatoms. The first kappa shape index (κ1) is 22.2. The Morgan fingerprint density at radius 1 is 0.840 bits per heavy atom. The van der Waals surface area contributed by atoms with Crippen molar-refractivity contribution in [2.75, 3.05) is 0 Å². The Bertz CT molecular complexity index is 641. The molecule has 0 aliphatic rings. The van der Waals surface area contributed by atoms with Crippen molar-refractivity contribution in [2.45, 2.75) is 58.4 Å². The zero-order valence-electron chi connectivity index (χ0n) is 14.1. The Labute approximate surface area is 147 Å². The quantitative estimate of drug-likeness (QED) is 0.179. The van der Waals surface area contributed by atoms with E-state index in [-0.39, 0.29) is 0 Å². The van der Waals surface area contributed by atoms with E-state index in [2.05, 4.69) is 41.3 Å². The molecule has 0 fully saturated rings. The molecule has 0 spiro atoms. The predicted octanol–water partition coefficient (Wildman–Crippen LogP) is 8.32. The first-order chi connectivity index (χ1) is 11.4. The van der Waals surface area contributed by atoms with Crippen LogP contribution in [-0.2, 0) is 6.54 Å². The van der Waals surface area contributed by atoms with Gasteiger partial charge in [-0.15, -0.1) is 0 Å². The van der Waals surface area contributed by atoms with Gasteiger partial charge in [0, 0.05) is 12.5 Å². The number of rotatable bonds is 8. The van der Waals surface area contributed by atoms with Gasteiger partial charge in [0.25, 0.3) is 0 Å². The molecule has 0 atom stereocenters. The molecule has 25 heavy (non-hydrogen) atoms. The molecule has 0 radical (unpaired) electrons. The second-order valence-electron chi connectivity index (χ2n) is 5.96. The van der Waals surface area contributed by atoms with E-state index < -0.39 is 7.81 Å². The van der Waals surface area contributed by atoms with Crippen LogP contribution in [0.15, 0.2) is 29.8 Å². The van der Waals surface area contributed by atoms with E-state index >= 15 is 0 Å². The molecule has 0 saturated heterocycles. The van der Waals surface area contributed by atoms with Crippen molar-refractivity contribution < 1.29 is 29.7 Å². The molecule has 2 aromatic rings. The van der Waals surface area contributed by atoms with E-state index in [4.69, 9.17) is 0 Å². The molecule has 0 saturated carbocycles. The average molecular weight is 407 g/mol. The van der Waals surface area contributed by atoms with Gasteiger partial charge in [-0.05, 0) is 12.5 Å². The van der Waals surface area contributed by atoms with Crippen molar-refractivity contribution in [1.82, 2.24) is 0 Å². The summed E-state index contributed by atoms with van der Waals surface area (Å²) in [5, 5.41) is 0. The number of aryl methyl sites for hydroxylation is 1. The summed E-state index contributed by atoms with van der Waals surface area (Å²) in [6.07, 6.45) is 9.69. The van der Waals surface area contributed by atoms with Gasteiger partial charge in [0.15, 0.2) is 0 Å². The average Bonchev–Trinajstić information content (AvgIpc) is 2.86. The van der Waals surface area contributed by atoms with Crippen molar-refractivity contribution >= 4 is 29.4 Å². The Morgan fingerprint density at radius 2 is 1.36 bits per heavy atom. The molecule has 146 valence electrons. The van der Waals surface area contributed by atoms with Gasteiger partial charge in [-0.25, -0.2) is 0 Å². The number of hydrogen-bond donors (Lipinski definition) is 0. The van der Waals surface area contributed by atoms with Crippen LogP contribution in [0.25, 0.3) is 10.2 Å².